The van der Waals surface area contributed by atoms with E-state index in [1.165, 1.54) is 70.9 Å². The molecule has 9 aromatic carbocycles. The number of rotatable bonds is 4. The second-order valence-corrected chi connectivity index (χ2v) is 14.6. The number of hydrogen-bond donors (Lipinski definition) is 0. The summed E-state index contributed by atoms with van der Waals surface area (Å²) in [5.41, 5.74) is 11.1. The zero-order chi connectivity index (χ0) is 36.7. The predicted molar refractivity (Wildman–Crippen MR) is 234 cm³/mol. The smallest absolute Gasteiger partial charge is 0.235 e. The minimum Gasteiger partial charge on any atom is -0.308 e. The molecule has 0 fully saturated rings. The van der Waals surface area contributed by atoms with Gasteiger partial charge in [-0.2, -0.15) is 0 Å². The van der Waals surface area contributed by atoms with E-state index in [1.807, 2.05) is 12.1 Å². The summed E-state index contributed by atoms with van der Waals surface area (Å²) in [6.07, 6.45) is 0. The first-order valence-electron chi connectivity index (χ1n) is 19.1. The maximum absolute atomic E-state index is 5.29. The van der Waals surface area contributed by atoms with Crippen molar-refractivity contribution in [2.45, 2.75) is 0 Å². The second kappa shape index (κ2) is 12.0. The number of benzene rings is 9. The normalized spacial score (nSPS) is 11.9. The van der Waals surface area contributed by atoms with Crippen LogP contribution in [0.5, 0.6) is 0 Å². The van der Waals surface area contributed by atoms with Gasteiger partial charge in [-0.3, -0.25) is 4.57 Å². The van der Waals surface area contributed by atoms with Gasteiger partial charge in [0, 0.05) is 43.3 Å². The summed E-state index contributed by atoms with van der Waals surface area (Å²) in [4.78, 5) is 10.5. The highest BCUT2D eigenvalue weighted by Crippen LogP contribution is 2.44. The van der Waals surface area contributed by atoms with Crippen molar-refractivity contribution in [1.82, 2.24) is 19.1 Å². The van der Waals surface area contributed by atoms with Gasteiger partial charge in [0.25, 0.3) is 0 Å². The third-order valence-corrected chi connectivity index (χ3v) is 11.5. The molecule has 4 heteroatoms. The molecule has 0 atom stereocenters. The summed E-state index contributed by atoms with van der Waals surface area (Å²) in [6.45, 7) is 0. The maximum atomic E-state index is 5.29. The average molecular weight is 713 g/mol. The van der Waals surface area contributed by atoms with Gasteiger partial charge in [-0.25, -0.2) is 9.97 Å². The molecule has 0 spiro atoms. The molecular weight excluding hydrogens is 681 g/mol. The summed E-state index contributed by atoms with van der Waals surface area (Å²) in [7, 11) is 0. The van der Waals surface area contributed by atoms with Gasteiger partial charge in [0.1, 0.15) is 0 Å². The van der Waals surface area contributed by atoms with Gasteiger partial charge >= 0.3 is 0 Å². The maximum Gasteiger partial charge on any atom is 0.235 e. The van der Waals surface area contributed by atoms with Gasteiger partial charge in [0.2, 0.25) is 5.95 Å². The number of hydrogen-bond acceptors (Lipinski definition) is 2. The summed E-state index contributed by atoms with van der Waals surface area (Å²) in [5, 5.41) is 10.8. The Morgan fingerprint density at radius 3 is 1.77 bits per heavy atom. The van der Waals surface area contributed by atoms with Crippen LogP contribution in [0.2, 0.25) is 0 Å². The van der Waals surface area contributed by atoms with Crippen LogP contribution in [0.25, 0.3) is 110 Å². The lowest BCUT2D eigenvalue weighted by molar-refractivity contribution is 1.01. The summed E-state index contributed by atoms with van der Waals surface area (Å²) in [5.74, 6) is 0.662. The molecule has 12 rings (SSSR count). The van der Waals surface area contributed by atoms with Crippen molar-refractivity contribution in [3.8, 4) is 34.0 Å². The van der Waals surface area contributed by atoms with Crippen LogP contribution in [0, 0.1) is 0 Å². The zero-order valence-corrected chi connectivity index (χ0v) is 30.3. The van der Waals surface area contributed by atoms with Gasteiger partial charge < -0.3 is 4.57 Å². The fraction of sp³-hybridized carbons (Fsp3) is 0. The Bertz CT molecular complexity index is 3530. The molecule has 260 valence electrons. The quantitative estimate of drug-likeness (QED) is 0.182. The van der Waals surface area contributed by atoms with Gasteiger partial charge in [0.05, 0.1) is 39.0 Å². The van der Waals surface area contributed by atoms with Crippen molar-refractivity contribution >= 4 is 76.1 Å². The molecule has 0 aliphatic heterocycles. The summed E-state index contributed by atoms with van der Waals surface area (Å²) < 4.78 is 4.70. The average Bonchev–Trinajstić information content (AvgIpc) is 3.78. The Hall–Kier alpha value is -7.56. The van der Waals surface area contributed by atoms with E-state index >= 15 is 0 Å². The monoisotopic (exact) mass is 712 g/mol. The highest BCUT2D eigenvalue weighted by Gasteiger charge is 2.21. The Balaban J connectivity index is 1.12. The van der Waals surface area contributed by atoms with E-state index in [-0.39, 0.29) is 0 Å². The highest BCUT2D eigenvalue weighted by atomic mass is 15.2. The number of fused-ring (bicyclic) bond motifs is 10. The topological polar surface area (TPSA) is 35.6 Å². The molecule has 0 aliphatic rings. The lowest BCUT2D eigenvalue weighted by atomic mass is 9.94. The molecular formula is C52H32N4. The third kappa shape index (κ3) is 4.47. The predicted octanol–water partition coefficient (Wildman–Crippen LogP) is 13.5. The molecule has 56 heavy (non-hydrogen) atoms. The standard InChI is InChI=1S/C52H32N4/c1-2-16-34(17-3-1)50-41-24-8-11-25-45(41)53-52(54-50)56-48-27-13-9-21-38(48)43-31-35(29-30-49(43)56)42-32-44-39-22-10-12-26-47(39)55(51(44)40-23-7-6-20-37(40)42)46-28-14-18-33-15-4-5-19-36(33)46/h1-32H. The first-order valence-corrected chi connectivity index (χ1v) is 19.1. The van der Waals surface area contributed by atoms with Crippen molar-refractivity contribution in [1.29, 1.82) is 0 Å². The van der Waals surface area contributed by atoms with Crippen molar-refractivity contribution in [3.05, 3.63) is 194 Å². The molecule has 4 nitrogen and oxygen atoms in total. The first kappa shape index (κ1) is 30.9. The van der Waals surface area contributed by atoms with Gasteiger partial charge in [-0.05, 0) is 64.4 Å². The molecule has 12 aromatic rings. The van der Waals surface area contributed by atoms with Crippen LogP contribution in [-0.4, -0.2) is 19.1 Å². The van der Waals surface area contributed by atoms with Gasteiger partial charge in [-0.1, -0.05) is 152 Å². The van der Waals surface area contributed by atoms with Gasteiger partial charge in [-0.15, -0.1) is 0 Å². The van der Waals surface area contributed by atoms with Crippen molar-refractivity contribution < 1.29 is 0 Å². The van der Waals surface area contributed by atoms with Crippen molar-refractivity contribution in [2.75, 3.05) is 0 Å². The summed E-state index contributed by atoms with van der Waals surface area (Å²) in [6, 6.07) is 69.7. The molecule has 0 amide bonds. The van der Waals surface area contributed by atoms with Crippen molar-refractivity contribution in [2.24, 2.45) is 0 Å². The Labute approximate surface area is 322 Å². The van der Waals surface area contributed by atoms with Crippen LogP contribution in [-0.2, 0) is 0 Å². The molecule has 0 N–H and O–H groups in total. The van der Waals surface area contributed by atoms with E-state index in [0.717, 1.165) is 33.2 Å². The fourth-order valence-corrected chi connectivity index (χ4v) is 9.05. The van der Waals surface area contributed by atoms with E-state index in [2.05, 4.69) is 191 Å². The Morgan fingerprint density at radius 1 is 0.339 bits per heavy atom. The van der Waals surface area contributed by atoms with Crippen LogP contribution in [0.3, 0.4) is 0 Å². The zero-order valence-electron chi connectivity index (χ0n) is 30.3. The molecule has 0 bridgehead atoms. The van der Waals surface area contributed by atoms with Crippen LogP contribution in [0.4, 0.5) is 0 Å². The SMILES string of the molecule is c1ccc(-c2nc(-n3c4ccccc4c4cc(-c5cc6c7ccccc7n(-c7cccc8ccccc78)c6c6ccccc56)ccc43)nc3ccccc23)cc1. The lowest BCUT2D eigenvalue weighted by Gasteiger charge is -2.15. The van der Waals surface area contributed by atoms with Gasteiger partial charge in [0.15, 0.2) is 0 Å². The molecule has 0 saturated carbocycles. The minimum absolute atomic E-state index is 0.662. The number of nitrogens with zero attached hydrogens (tertiary/aromatic N) is 4. The van der Waals surface area contributed by atoms with Crippen molar-refractivity contribution in [3.63, 3.8) is 0 Å². The second-order valence-electron chi connectivity index (χ2n) is 14.6. The molecule has 3 heterocycles. The van der Waals surface area contributed by atoms with Crippen LogP contribution >= 0.6 is 0 Å². The van der Waals surface area contributed by atoms with E-state index in [0.29, 0.717) is 5.95 Å². The van der Waals surface area contributed by atoms with Crippen LogP contribution in [0.1, 0.15) is 0 Å². The fourth-order valence-electron chi connectivity index (χ4n) is 9.05. The molecule has 3 aromatic heterocycles. The number of aromatic nitrogens is 4. The molecule has 0 radical (unpaired) electrons. The lowest BCUT2D eigenvalue weighted by Crippen LogP contribution is -2.03. The highest BCUT2D eigenvalue weighted by molar-refractivity contribution is 6.23. The Kier molecular flexibility index (Phi) is 6.60. The van der Waals surface area contributed by atoms with Crippen LogP contribution < -0.4 is 0 Å². The van der Waals surface area contributed by atoms with E-state index in [4.69, 9.17) is 9.97 Å². The third-order valence-electron chi connectivity index (χ3n) is 11.5. The molecule has 0 aliphatic carbocycles. The number of para-hydroxylation sites is 3. The van der Waals surface area contributed by atoms with E-state index in [1.54, 1.807) is 0 Å². The molecule has 0 unspecified atom stereocenters. The largest absolute Gasteiger partial charge is 0.308 e. The summed E-state index contributed by atoms with van der Waals surface area (Å²) >= 11 is 0. The van der Waals surface area contributed by atoms with E-state index < -0.39 is 0 Å². The van der Waals surface area contributed by atoms with E-state index in [9.17, 15) is 0 Å². The molecule has 0 saturated heterocycles. The Morgan fingerprint density at radius 2 is 0.946 bits per heavy atom. The van der Waals surface area contributed by atoms with Crippen LogP contribution in [0.15, 0.2) is 194 Å². The first-order chi connectivity index (χ1) is 27.8. The minimum atomic E-state index is 0.662.